The summed E-state index contributed by atoms with van der Waals surface area (Å²) in [5.74, 6) is -3.69. The molecule has 3 N–H and O–H groups in total. The van der Waals surface area contributed by atoms with Gasteiger partial charge in [-0.25, -0.2) is 0 Å². The van der Waals surface area contributed by atoms with E-state index in [1.54, 1.807) is 13.8 Å². The van der Waals surface area contributed by atoms with Gasteiger partial charge in [0.05, 0.1) is 6.04 Å². The molecule has 2 saturated heterocycles. The van der Waals surface area contributed by atoms with Crippen molar-refractivity contribution >= 4 is 23.5 Å². The first-order valence-electron chi connectivity index (χ1n) is 11.7. The molecular formula is C22H32F3N3O6. The number of aliphatic hydroxyl groups excluding tert-OH is 1. The van der Waals surface area contributed by atoms with Gasteiger partial charge >= 0.3 is 6.36 Å². The molecule has 192 valence electrons. The Kier molecular flexibility index (Phi) is 8.22. The molecule has 2 heterocycles. The number of amides is 3. The van der Waals surface area contributed by atoms with Gasteiger partial charge in [-0.1, -0.05) is 20.3 Å². The molecular weight excluding hydrogens is 459 g/mol. The molecule has 9 nitrogen and oxygen atoms in total. The largest absolute Gasteiger partial charge is 0.522 e. The van der Waals surface area contributed by atoms with Crippen molar-refractivity contribution in [3.63, 3.8) is 0 Å². The Bertz CT molecular complexity index is 805. The normalized spacial score (nSPS) is 28.6. The summed E-state index contributed by atoms with van der Waals surface area (Å²) in [6.07, 6.45) is -3.72. The molecule has 0 aromatic rings. The van der Waals surface area contributed by atoms with Crippen LogP contribution in [0.15, 0.2) is 0 Å². The highest BCUT2D eigenvalue weighted by Crippen LogP contribution is 2.42. The van der Waals surface area contributed by atoms with Crippen molar-refractivity contribution in [3.8, 4) is 0 Å². The van der Waals surface area contributed by atoms with E-state index < -0.39 is 54.7 Å². The molecule has 34 heavy (non-hydrogen) atoms. The maximum atomic E-state index is 13.4. The molecule has 0 aromatic carbocycles. The van der Waals surface area contributed by atoms with E-state index in [0.717, 1.165) is 12.8 Å². The predicted octanol–water partition coefficient (Wildman–Crippen LogP) is 0.747. The molecule has 1 aliphatic carbocycles. The van der Waals surface area contributed by atoms with Gasteiger partial charge < -0.3 is 20.6 Å². The van der Waals surface area contributed by atoms with E-state index in [-0.39, 0.29) is 30.1 Å². The first-order valence-corrected chi connectivity index (χ1v) is 11.7. The fourth-order valence-corrected chi connectivity index (χ4v) is 5.26. The summed E-state index contributed by atoms with van der Waals surface area (Å²) in [6.45, 7) is 2.73. The molecule has 0 radical (unpaired) electrons. The van der Waals surface area contributed by atoms with E-state index in [2.05, 4.69) is 15.4 Å². The minimum atomic E-state index is -5.02. The number of hydrogen-bond acceptors (Lipinski definition) is 6. The molecule has 3 fully saturated rings. The second-order valence-electron chi connectivity index (χ2n) is 9.75. The molecule has 3 rings (SSSR count). The van der Waals surface area contributed by atoms with Crippen LogP contribution in [0.25, 0.3) is 0 Å². The lowest BCUT2D eigenvalue weighted by molar-refractivity contribution is -0.321. The third kappa shape index (κ3) is 6.07. The number of nitrogens with one attached hydrogen (secondary N) is 2. The van der Waals surface area contributed by atoms with Crippen molar-refractivity contribution in [2.24, 2.45) is 23.7 Å². The molecule has 0 aromatic heterocycles. The first kappa shape index (κ1) is 26.4. The number of aliphatic hydroxyl groups is 1. The van der Waals surface area contributed by atoms with Crippen LogP contribution in [0.3, 0.4) is 0 Å². The molecule has 6 atom stereocenters. The summed E-state index contributed by atoms with van der Waals surface area (Å²) in [5, 5.41) is 15.4. The number of fused-ring (bicyclic) bond motifs is 1. The average molecular weight is 492 g/mol. The number of carbonyl (C=O) groups excluding carboxylic acids is 4. The second kappa shape index (κ2) is 10.6. The van der Waals surface area contributed by atoms with Crippen LogP contribution in [0, 0.1) is 23.7 Å². The van der Waals surface area contributed by atoms with Gasteiger partial charge in [0.1, 0.15) is 18.8 Å². The van der Waals surface area contributed by atoms with Crippen molar-refractivity contribution < 1.29 is 42.2 Å². The molecule has 12 heteroatoms. The van der Waals surface area contributed by atoms with Gasteiger partial charge in [-0.3, -0.25) is 23.9 Å². The van der Waals surface area contributed by atoms with E-state index in [0.29, 0.717) is 25.9 Å². The Morgan fingerprint density at radius 3 is 2.53 bits per heavy atom. The van der Waals surface area contributed by atoms with Crippen LogP contribution >= 0.6 is 0 Å². The number of nitrogens with zero attached hydrogens (tertiary/aromatic N) is 1. The Labute approximate surface area is 195 Å². The number of ether oxygens (including phenoxy) is 1. The van der Waals surface area contributed by atoms with Crippen LogP contribution in [-0.2, 0) is 23.9 Å². The molecule has 1 saturated carbocycles. The zero-order chi connectivity index (χ0) is 25.2. The highest BCUT2D eigenvalue weighted by molar-refractivity contribution is 5.95. The van der Waals surface area contributed by atoms with Crippen molar-refractivity contribution in [2.75, 3.05) is 19.7 Å². The van der Waals surface area contributed by atoms with Crippen molar-refractivity contribution in [3.05, 3.63) is 0 Å². The van der Waals surface area contributed by atoms with Crippen LogP contribution in [0.4, 0.5) is 13.2 Å². The fraction of sp³-hybridized carbons (Fsp3) is 0.818. The third-order valence-corrected chi connectivity index (χ3v) is 7.09. The minimum Gasteiger partial charge on any atom is -0.383 e. The molecule has 3 aliphatic rings. The maximum absolute atomic E-state index is 13.4. The van der Waals surface area contributed by atoms with E-state index >= 15 is 0 Å². The number of rotatable bonds is 9. The van der Waals surface area contributed by atoms with E-state index in [1.165, 1.54) is 4.90 Å². The summed E-state index contributed by atoms with van der Waals surface area (Å²) in [7, 11) is 0. The van der Waals surface area contributed by atoms with Gasteiger partial charge in [-0.2, -0.15) is 0 Å². The highest BCUT2D eigenvalue weighted by Gasteiger charge is 2.51. The van der Waals surface area contributed by atoms with Gasteiger partial charge in [0.2, 0.25) is 11.8 Å². The number of hydrogen-bond donors (Lipinski definition) is 3. The Morgan fingerprint density at radius 1 is 1.24 bits per heavy atom. The summed E-state index contributed by atoms with van der Waals surface area (Å²) in [4.78, 5) is 52.2. The number of carbonyl (C=O) groups is 4. The van der Waals surface area contributed by atoms with Crippen LogP contribution in [-0.4, -0.2) is 77.8 Å². The van der Waals surface area contributed by atoms with E-state index in [1.807, 2.05) is 0 Å². The Hall–Kier alpha value is -2.21. The smallest absolute Gasteiger partial charge is 0.383 e. The number of alkyl halides is 3. The zero-order valence-electron chi connectivity index (χ0n) is 19.3. The molecule has 0 spiro atoms. The molecule has 2 aliphatic heterocycles. The highest BCUT2D eigenvalue weighted by atomic mass is 19.4. The van der Waals surface area contributed by atoms with E-state index in [4.69, 9.17) is 0 Å². The predicted molar refractivity (Wildman–Crippen MR) is 112 cm³/mol. The van der Waals surface area contributed by atoms with Gasteiger partial charge in [-0.05, 0) is 43.4 Å². The fourth-order valence-electron chi connectivity index (χ4n) is 5.26. The van der Waals surface area contributed by atoms with Gasteiger partial charge in [0.15, 0.2) is 5.78 Å². The lowest BCUT2D eigenvalue weighted by Gasteiger charge is -2.31. The summed E-state index contributed by atoms with van der Waals surface area (Å²) in [6, 6.07) is -2.32. The second-order valence-corrected chi connectivity index (χ2v) is 9.75. The summed E-state index contributed by atoms with van der Waals surface area (Å²) < 4.78 is 41.1. The standard InChI is InChI=1S/C22H32F3N3O6/c1-11(2)18(30)21(33)28-9-13-4-3-5-14(13)17(28)20(32)27-15(8-12-6-7-26-19(12)31)16(29)10-34-22(23,24)25/h11-15,17-18,30H,3-10H2,1-2H3,(H,26,31)(H,27,32)/t12-,13-,14-,15?,17-,18?/m0/s1. The van der Waals surface area contributed by atoms with Crippen LogP contribution in [0.2, 0.25) is 0 Å². The van der Waals surface area contributed by atoms with Crippen molar-refractivity contribution in [2.45, 2.75) is 70.5 Å². The topological polar surface area (TPSA) is 125 Å². The van der Waals surface area contributed by atoms with Crippen LogP contribution < -0.4 is 10.6 Å². The van der Waals surface area contributed by atoms with Crippen LogP contribution in [0.5, 0.6) is 0 Å². The SMILES string of the molecule is CC(C)C(O)C(=O)N1C[C@@H]2CCC[C@@H]2[C@H]1C(=O)NC(C[C@@H]1CCNC1=O)C(=O)COC(F)(F)F. The number of halogens is 3. The minimum absolute atomic E-state index is 0.0717. The lowest BCUT2D eigenvalue weighted by Crippen LogP contribution is -2.55. The third-order valence-electron chi connectivity index (χ3n) is 7.09. The summed E-state index contributed by atoms with van der Waals surface area (Å²) >= 11 is 0. The monoisotopic (exact) mass is 491 g/mol. The van der Waals surface area contributed by atoms with Crippen LogP contribution in [0.1, 0.15) is 46.0 Å². The number of likely N-dealkylation sites (tertiary alicyclic amines) is 1. The lowest BCUT2D eigenvalue weighted by atomic mass is 9.92. The van der Waals surface area contributed by atoms with Gasteiger partial charge in [0, 0.05) is 19.0 Å². The van der Waals surface area contributed by atoms with Crippen molar-refractivity contribution in [1.29, 1.82) is 0 Å². The van der Waals surface area contributed by atoms with Crippen molar-refractivity contribution in [1.82, 2.24) is 15.5 Å². The zero-order valence-corrected chi connectivity index (χ0v) is 19.3. The maximum Gasteiger partial charge on any atom is 0.522 e. The average Bonchev–Trinajstić information content (AvgIpc) is 3.45. The molecule has 2 unspecified atom stereocenters. The van der Waals surface area contributed by atoms with Gasteiger partial charge in [-0.15, -0.1) is 13.2 Å². The number of Topliss-reactive ketones (excluding diaryl/α,β-unsaturated/α-hetero) is 1. The summed E-state index contributed by atoms with van der Waals surface area (Å²) in [5.41, 5.74) is 0. The van der Waals surface area contributed by atoms with E-state index in [9.17, 15) is 37.5 Å². The molecule has 0 bridgehead atoms. The Morgan fingerprint density at radius 2 is 1.94 bits per heavy atom. The quantitative estimate of drug-likeness (QED) is 0.437. The number of ketones is 1. The molecule has 3 amide bonds. The van der Waals surface area contributed by atoms with Gasteiger partial charge in [0.25, 0.3) is 5.91 Å². The first-order chi connectivity index (χ1) is 15.9. The Balaban J connectivity index is 1.78.